The van der Waals surface area contributed by atoms with E-state index in [0.717, 1.165) is 41.1 Å². The van der Waals surface area contributed by atoms with Crippen molar-refractivity contribution >= 4 is 17.7 Å². The molecule has 0 bridgehead atoms. The van der Waals surface area contributed by atoms with Crippen molar-refractivity contribution in [3.05, 3.63) is 76.5 Å². The first-order valence-corrected chi connectivity index (χ1v) is 11.5. The molecule has 7 nitrogen and oxygen atoms in total. The van der Waals surface area contributed by atoms with E-state index in [2.05, 4.69) is 77.2 Å². The standard InChI is InChI=1S/C27H31N7/c1-16-8-5-11-21(18(16)3)23-14-20(31-26(28)32-23)10-7-13-30-25-15-24(33-27(29)34-25)22-12-6-9-17(2)19(22)4/h5-6,8-9,11-12,14-15H,7,10,13H2,1-4H3,(H2,28,31,32)(H3,29,30,33,34). The van der Waals surface area contributed by atoms with Gasteiger partial charge in [-0.25, -0.2) is 15.0 Å². The molecule has 0 saturated carbocycles. The van der Waals surface area contributed by atoms with Gasteiger partial charge in [0.1, 0.15) is 5.82 Å². The zero-order chi connectivity index (χ0) is 24.2. The number of nitrogens with zero attached hydrogens (tertiary/aromatic N) is 4. The predicted molar refractivity (Wildman–Crippen MR) is 140 cm³/mol. The summed E-state index contributed by atoms with van der Waals surface area (Å²) in [6, 6.07) is 16.4. The van der Waals surface area contributed by atoms with Crippen LogP contribution in [0.15, 0.2) is 48.5 Å². The van der Waals surface area contributed by atoms with Crippen molar-refractivity contribution in [3.8, 4) is 22.5 Å². The van der Waals surface area contributed by atoms with Crippen LogP contribution in [0.1, 0.15) is 34.4 Å². The molecule has 2 aromatic heterocycles. The maximum Gasteiger partial charge on any atom is 0.222 e. The number of hydrogen-bond donors (Lipinski definition) is 3. The second-order valence-electron chi connectivity index (χ2n) is 8.62. The van der Waals surface area contributed by atoms with Crippen molar-refractivity contribution in [2.45, 2.75) is 40.5 Å². The molecule has 0 spiro atoms. The Morgan fingerprint density at radius 2 is 1.26 bits per heavy atom. The SMILES string of the molecule is Cc1cccc(-c2cc(CCCNc3cc(-c4cccc(C)c4C)nc(N)n3)nc(N)n2)c1C. The highest BCUT2D eigenvalue weighted by Gasteiger charge is 2.10. The summed E-state index contributed by atoms with van der Waals surface area (Å²) in [6.45, 7) is 9.10. The molecule has 5 N–H and O–H groups in total. The summed E-state index contributed by atoms with van der Waals surface area (Å²) in [5.74, 6) is 1.26. The topological polar surface area (TPSA) is 116 Å². The fourth-order valence-corrected chi connectivity index (χ4v) is 4.02. The van der Waals surface area contributed by atoms with Gasteiger partial charge in [-0.05, 0) is 68.9 Å². The van der Waals surface area contributed by atoms with Gasteiger partial charge in [-0.2, -0.15) is 4.98 Å². The lowest BCUT2D eigenvalue weighted by Gasteiger charge is -2.12. The summed E-state index contributed by atoms with van der Waals surface area (Å²) in [5.41, 5.74) is 21.6. The lowest BCUT2D eigenvalue weighted by atomic mass is 10.00. The summed E-state index contributed by atoms with van der Waals surface area (Å²) in [5, 5.41) is 3.37. The molecule has 0 aliphatic rings. The summed E-state index contributed by atoms with van der Waals surface area (Å²) in [6.07, 6.45) is 1.62. The van der Waals surface area contributed by atoms with Crippen molar-refractivity contribution < 1.29 is 0 Å². The molecule has 2 aromatic carbocycles. The first kappa shape index (κ1) is 23.2. The second-order valence-corrected chi connectivity index (χ2v) is 8.62. The number of rotatable bonds is 7. The predicted octanol–water partition coefficient (Wildman–Crippen LogP) is 5.04. The van der Waals surface area contributed by atoms with Crippen LogP contribution in [0, 0.1) is 27.7 Å². The Kier molecular flexibility index (Phi) is 6.72. The average molecular weight is 454 g/mol. The zero-order valence-corrected chi connectivity index (χ0v) is 20.2. The van der Waals surface area contributed by atoms with E-state index in [1.165, 1.54) is 22.3 Å². The number of hydrogen-bond acceptors (Lipinski definition) is 7. The third kappa shape index (κ3) is 5.14. The van der Waals surface area contributed by atoms with Gasteiger partial charge in [0.2, 0.25) is 11.9 Å². The molecule has 174 valence electrons. The summed E-state index contributed by atoms with van der Waals surface area (Å²) in [7, 11) is 0. The molecule has 0 aliphatic heterocycles. The Labute approximate surface area is 200 Å². The molecule has 7 heteroatoms. The van der Waals surface area contributed by atoms with Crippen molar-refractivity contribution in [2.24, 2.45) is 0 Å². The van der Waals surface area contributed by atoms with Gasteiger partial charge in [-0.3, -0.25) is 0 Å². The Balaban J connectivity index is 1.44. The smallest absolute Gasteiger partial charge is 0.222 e. The van der Waals surface area contributed by atoms with E-state index < -0.39 is 0 Å². The number of nitrogens with two attached hydrogens (primary N) is 2. The van der Waals surface area contributed by atoms with Crippen LogP contribution in [-0.4, -0.2) is 26.5 Å². The van der Waals surface area contributed by atoms with Crippen molar-refractivity contribution in [3.63, 3.8) is 0 Å². The Bertz CT molecular complexity index is 1230. The quantitative estimate of drug-likeness (QED) is 0.336. The molecule has 34 heavy (non-hydrogen) atoms. The summed E-state index contributed by atoms with van der Waals surface area (Å²) in [4.78, 5) is 17.7. The van der Waals surface area contributed by atoms with E-state index in [4.69, 9.17) is 11.5 Å². The minimum atomic E-state index is 0.252. The average Bonchev–Trinajstić information content (AvgIpc) is 2.79. The second kappa shape index (κ2) is 9.87. The first-order valence-electron chi connectivity index (χ1n) is 11.5. The van der Waals surface area contributed by atoms with E-state index in [1.807, 2.05) is 24.3 Å². The van der Waals surface area contributed by atoms with E-state index in [-0.39, 0.29) is 5.95 Å². The third-order valence-electron chi connectivity index (χ3n) is 6.22. The minimum Gasteiger partial charge on any atom is -0.370 e. The Morgan fingerprint density at radius 3 is 1.88 bits per heavy atom. The zero-order valence-electron chi connectivity index (χ0n) is 20.2. The van der Waals surface area contributed by atoms with Crippen LogP contribution in [0.3, 0.4) is 0 Å². The molecule has 0 fully saturated rings. The van der Waals surface area contributed by atoms with Gasteiger partial charge < -0.3 is 16.8 Å². The Morgan fingerprint density at radius 1 is 0.706 bits per heavy atom. The van der Waals surface area contributed by atoms with Crippen molar-refractivity contribution in [1.82, 2.24) is 19.9 Å². The van der Waals surface area contributed by atoms with Crippen LogP contribution < -0.4 is 16.8 Å². The van der Waals surface area contributed by atoms with Crippen LogP contribution in [0.5, 0.6) is 0 Å². The van der Waals surface area contributed by atoms with Gasteiger partial charge in [0.25, 0.3) is 0 Å². The molecule has 2 heterocycles. The minimum absolute atomic E-state index is 0.252. The number of benzene rings is 2. The van der Waals surface area contributed by atoms with Crippen LogP contribution in [0.2, 0.25) is 0 Å². The van der Waals surface area contributed by atoms with Gasteiger partial charge >= 0.3 is 0 Å². The highest BCUT2D eigenvalue weighted by Crippen LogP contribution is 2.27. The van der Waals surface area contributed by atoms with Crippen molar-refractivity contribution in [1.29, 1.82) is 0 Å². The Hall–Kier alpha value is -4.00. The van der Waals surface area contributed by atoms with Gasteiger partial charge in [0.15, 0.2) is 0 Å². The monoisotopic (exact) mass is 453 g/mol. The molecule has 0 saturated heterocycles. The van der Waals surface area contributed by atoms with Gasteiger partial charge in [0.05, 0.1) is 11.4 Å². The number of nitrogens with one attached hydrogen (secondary N) is 1. The summed E-state index contributed by atoms with van der Waals surface area (Å²) < 4.78 is 0. The van der Waals surface area contributed by atoms with Crippen LogP contribution in [0.4, 0.5) is 17.7 Å². The van der Waals surface area contributed by atoms with Crippen LogP contribution in [-0.2, 0) is 6.42 Å². The van der Waals surface area contributed by atoms with E-state index in [1.54, 1.807) is 0 Å². The molecular formula is C27H31N7. The fourth-order valence-electron chi connectivity index (χ4n) is 4.02. The van der Waals surface area contributed by atoms with Gasteiger partial charge in [0, 0.05) is 29.4 Å². The fraction of sp³-hybridized carbons (Fsp3) is 0.259. The molecule has 0 aliphatic carbocycles. The van der Waals surface area contributed by atoms with E-state index >= 15 is 0 Å². The van der Waals surface area contributed by atoms with Crippen LogP contribution in [0.25, 0.3) is 22.5 Å². The number of anilines is 3. The van der Waals surface area contributed by atoms with E-state index in [0.29, 0.717) is 18.3 Å². The number of aromatic nitrogens is 4. The highest BCUT2D eigenvalue weighted by molar-refractivity contribution is 5.68. The van der Waals surface area contributed by atoms with Crippen molar-refractivity contribution in [2.75, 3.05) is 23.3 Å². The first-order chi connectivity index (χ1) is 16.3. The lowest BCUT2D eigenvalue weighted by Crippen LogP contribution is -2.09. The molecule has 4 rings (SSSR count). The molecule has 0 unspecified atom stereocenters. The third-order valence-corrected chi connectivity index (χ3v) is 6.22. The molecule has 0 atom stereocenters. The summed E-state index contributed by atoms with van der Waals surface area (Å²) >= 11 is 0. The normalized spacial score (nSPS) is 10.9. The van der Waals surface area contributed by atoms with Gasteiger partial charge in [-0.1, -0.05) is 36.4 Å². The molecule has 0 radical (unpaired) electrons. The molecule has 0 amide bonds. The maximum atomic E-state index is 6.02. The highest BCUT2D eigenvalue weighted by atomic mass is 15.1. The number of nitrogen functional groups attached to an aromatic ring is 2. The van der Waals surface area contributed by atoms with Gasteiger partial charge in [-0.15, -0.1) is 0 Å². The lowest BCUT2D eigenvalue weighted by molar-refractivity contribution is 0.830. The molecular weight excluding hydrogens is 422 g/mol. The molecule has 4 aromatic rings. The van der Waals surface area contributed by atoms with Crippen LogP contribution >= 0.6 is 0 Å². The van der Waals surface area contributed by atoms with E-state index in [9.17, 15) is 0 Å². The largest absolute Gasteiger partial charge is 0.370 e. The maximum absolute atomic E-state index is 6.02. The number of aryl methyl sites for hydroxylation is 3.